The van der Waals surface area contributed by atoms with Crippen molar-refractivity contribution in [2.45, 2.75) is 11.4 Å². The molecule has 1 aliphatic heterocycles. The van der Waals surface area contributed by atoms with E-state index in [1.807, 2.05) is 0 Å². The summed E-state index contributed by atoms with van der Waals surface area (Å²) in [5.74, 6) is -0.674. The minimum Gasteiger partial charge on any atom is -0.480 e. The van der Waals surface area contributed by atoms with Crippen molar-refractivity contribution in [1.82, 2.24) is 5.32 Å². The number of esters is 1. The van der Waals surface area contributed by atoms with Gasteiger partial charge < -0.3 is 9.84 Å². The molecule has 5 nitrogen and oxygen atoms in total. The molecular weight excluding hydrogens is 254 g/mol. The lowest BCUT2D eigenvalue weighted by Gasteiger charge is -2.11. The van der Waals surface area contributed by atoms with Gasteiger partial charge in [-0.05, 0) is 17.7 Å². The van der Waals surface area contributed by atoms with Crippen LogP contribution in [0.2, 0.25) is 0 Å². The number of ether oxygens (including phenoxy) is 1. The Bertz CT molecular complexity index is 460. The topological polar surface area (TPSA) is 75.6 Å². The maximum absolute atomic E-state index is 11.3. The average molecular weight is 267 g/mol. The first-order valence-corrected chi connectivity index (χ1v) is 6.45. The predicted octanol–water partition coefficient (Wildman–Crippen LogP) is 1.26. The molecule has 1 fully saturated rings. The van der Waals surface area contributed by atoms with E-state index in [0.717, 1.165) is 5.56 Å². The smallest absolute Gasteiger partial charge is 0.337 e. The van der Waals surface area contributed by atoms with Gasteiger partial charge in [-0.1, -0.05) is 12.1 Å². The summed E-state index contributed by atoms with van der Waals surface area (Å²) in [6, 6.07) is 6.46. The van der Waals surface area contributed by atoms with Gasteiger partial charge in [0.2, 0.25) is 0 Å². The fourth-order valence-corrected chi connectivity index (χ4v) is 2.95. The van der Waals surface area contributed by atoms with E-state index in [-0.39, 0.29) is 11.3 Å². The monoisotopic (exact) mass is 267 g/mol. The average Bonchev–Trinajstić information content (AvgIpc) is 2.88. The van der Waals surface area contributed by atoms with Crippen LogP contribution in [-0.4, -0.2) is 35.9 Å². The first-order valence-electron chi connectivity index (χ1n) is 5.40. The van der Waals surface area contributed by atoms with Crippen LogP contribution in [0.1, 0.15) is 21.3 Å². The molecule has 18 heavy (non-hydrogen) atoms. The SMILES string of the molecule is COC(=O)c1ccc(C2N[C@H](C(=O)O)CS2)cc1. The number of methoxy groups -OCH3 is 1. The minimum atomic E-state index is -0.837. The zero-order valence-electron chi connectivity index (χ0n) is 9.75. The third-order valence-corrected chi connectivity index (χ3v) is 3.98. The van der Waals surface area contributed by atoms with Gasteiger partial charge in [0.05, 0.1) is 18.0 Å². The number of hydrogen-bond acceptors (Lipinski definition) is 5. The van der Waals surface area contributed by atoms with E-state index in [9.17, 15) is 9.59 Å². The van der Waals surface area contributed by atoms with Gasteiger partial charge in [-0.25, -0.2) is 4.79 Å². The quantitative estimate of drug-likeness (QED) is 0.803. The van der Waals surface area contributed by atoms with Gasteiger partial charge in [-0.2, -0.15) is 0 Å². The molecule has 0 radical (unpaired) electrons. The fourth-order valence-electron chi connectivity index (χ4n) is 1.72. The Morgan fingerprint density at radius 1 is 1.39 bits per heavy atom. The van der Waals surface area contributed by atoms with Crippen molar-refractivity contribution < 1.29 is 19.4 Å². The number of rotatable bonds is 3. The van der Waals surface area contributed by atoms with Gasteiger partial charge in [0.15, 0.2) is 0 Å². The highest BCUT2D eigenvalue weighted by Crippen LogP contribution is 2.32. The van der Waals surface area contributed by atoms with Gasteiger partial charge in [0, 0.05) is 5.75 Å². The Hall–Kier alpha value is -1.53. The molecule has 1 heterocycles. The molecular formula is C12H13NO4S. The van der Waals surface area contributed by atoms with Crippen LogP contribution in [0.3, 0.4) is 0 Å². The summed E-state index contributed by atoms with van der Waals surface area (Å²) in [5, 5.41) is 11.9. The molecule has 1 unspecified atom stereocenters. The van der Waals surface area contributed by atoms with Crippen LogP contribution in [0.15, 0.2) is 24.3 Å². The Balaban J connectivity index is 2.07. The van der Waals surface area contributed by atoms with E-state index in [0.29, 0.717) is 11.3 Å². The molecule has 1 saturated heterocycles. The summed E-state index contributed by atoms with van der Waals surface area (Å²) in [7, 11) is 1.34. The van der Waals surface area contributed by atoms with Crippen LogP contribution in [0.5, 0.6) is 0 Å². The van der Waals surface area contributed by atoms with Crippen molar-refractivity contribution in [2.24, 2.45) is 0 Å². The second-order valence-corrected chi connectivity index (χ2v) is 5.02. The largest absolute Gasteiger partial charge is 0.480 e. The van der Waals surface area contributed by atoms with Gasteiger partial charge in [0.1, 0.15) is 6.04 Å². The molecule has 96 valence electrons. The number of hydrogen-bond donors (Lipinski definition) is 2. The maximum Gasteiger partial charge on any atom is 0.337 e. The molecule has 1 aromatic carbocycles. The molecule has 0 bridgehead atoms. The molecule has 6 heteroatoms. The van der Waals surface area contributed by atoms with Crippen molar-refractivity contribution in [3.05, 3.63) is 35.4 Å². The second-order valence-electron chi connectivity index (χ2n) is 3.88. The van der Waals surface area contributed by atoms with Gasteiger partial charge in [-0.15, -0.1) is 11.8 Å². The number of carboxylic acid groups (broad SMARTS) is 1. The van der Waals surface area contributed by atoms with E-state index in [1.54, 1.807) is 36.0 Å². The zero-order valence-corrected chi connectivity index (χ0v) is 10.6. The lowest BCUT2D eigenvalue weighted by atomic mass is 10.1. The lowest BCUT2D eigenvalue weighted by molar-refractivity contribution is -0.138. The van der Waals surface area contributed by atoms with E-state index in [1.165, 1.54) is 7.11 Å². The highest BCUT2D eigenvalue weighted by atomic mass is 32.2. The number of thioether (sulfide) groups is 1. The van der Waals surface area contributed by atoms with Crippen LogP contribution in [0.25, 0.3) is 0 Å². The maximum atomic E-state index is 11.3. The number of nitrogens with one attached hydrogen (secondary N) is 1. The van der Waals surface area contributed by atoms with Gasteiger partial charge in [0.25, 0.3) is 0 Å². The third kappa shape index (κ3) is 2.65. The molecule has 0 amide bonds. The molecule has 0 saturated carbocycles. The summed E-state index contributed by atoms with van der Waals surface area (Å²) in [6.07, 6.45) is 0. The Morgan fingerprint density at radius 3 is 2.56 bits per heavy atom. The molecule has 0 spiro atoms. The normalized spacial score (nSPS) is 22.7. The predicted molar refractivity (Wildman–Crippen MR) is 67.5 cm³/mol. The highest BCUT2D eigenvalue weighted by Gasteiger charge is 2.30. The molecule has 2 rings (SSSR count). The summed E-state index contributed by atoms with van der Waals surface area (Å²) in [5.41, 5.74) is 1.44. The molecule has 0 aromatic heterocycles. The number of aliphatic carboxylic acids is 1. The second kappa shape index (κ2) is 5.41. The van der Waals surface area contributed by atoms with E-state index in [4.69, 9.17) is 5.11 Å². The Morgan fingerprint density at radius 2 is 2.06 bits per heavy atom. The lowest BCUT2D eigenvalue weighted by Crippen LogP contribution is -2.33. The van der Waals surface area contributed by atoms with Crippen LogP contribution >= 0.6 is 11.8 Å². The molecule has 0 aliphatic carbocycles. The van der Waals surface area contributed by atoms with Crippen molar-refractivity contribution in [1.29, 1.82) is 0 Å². The minimum absolute atomic E-state index is 0.0437. The van der Waals surface area contributed by atoms with Crippen LogP contribution in [-0.2, 0) is 9.53 Å². The van der Waals surface area contributed by atoms with Gasteiger partial charge >= 0.3 is 11.9 Å². The number of carbonyl (C=O) groups is 2. The Kier molecular flexibility index (Phi) is 3.88. The summed E-state index contributed by atoms with van der Waals surface area (Å²) < 4.78 is 4.61. The first kappa shape index (κ1) is 12.9. The summed E-state index contributed by atoms with van der Waals surface area (Å²) >= 11 is 1.54. The molecule has 1 aliphatic rings. The molecule has 1 aromatic rings. The van der Waals surface area contributed by atoms with Crippen LogP contribution in [0, 0.1) is 0 Å². The van der Waals surface area contributed by atoms with E-state index < -0.39 is 12.0 Å². The van der Waals surface area contributed by atoms with Crippen molar-refractivity contribution >= 4 is 23.7 Å². The van der Waals surface area contributed by atoms with Crippen LogP contribution < -0.4 is 5.32 Å². The van der Waals surface area contributed by atoms with E-state index >= 15 is 0 Å². The number of carbonyl (C=O) groups excluding carboxylic acids is 1. The highest BCUT2D eigenvalue weighted by molar-refractivity contribution is 7.99. The summed E-state index contributed by atoms with van der Waals surface area (Å²) in [6.45, 7) is 0. The van der Waals surface area contributed by atoms with Crippen molar-refractivity contribution in [3.8, 4) is 0 Å². The first-order chi connectivity index (χ1) is 8.61. The van der Waals surface area contributed by atoms with Crippen molar-refractivity contribution in [3.63, 3.8) is 0 Å². The fraction of sp³-hybridized carbons (Fsp3) is 0.333. The Labute approximate surface area is 109 Å². The zero-order chi connectivity index (χ0) is 13.1. The molecule has 2 atom stereocenters. The van der Waals surface area contributed by atoms with E-state index in [2.05, 4.69) is 10.1 Å². The number of carboxylic acids is 1. The standard InChI is InChI=1S/C12H13NO4S/c1-17-12(16)8-4-2-7(3-5-8)10-13-9(6-18-10)11(14)15/h2-5,9-10,13H,6H2,1H3,(H,14,15)/t9-,10?/m0/s1. The summed E-state index contributed by atoms with van der Waals surface area (Å²) in [4.78, 5) is 22.1. The van der Waals surface area contributed by atoms with Crippen LogP contribution in [0.4, 0.5) is 0 Å². The molecule has 2 N–H and O–H groups in total. The van der Waals surface area contributed by atoms with Crippen molar-refractivity contribution in [2.75, 3.05) is 12.9 Å². The van der Waals surface area contributed by atoms with Gasteiger partial charge in [-0.3, -0.25) is 10.1 Å². The third-order valence-electron chi connectivity index (χ3n) is 2.71. The number of benzene rings is 1.